The Bertz CT molecular complexity index is 579. The summed E-state index contributed by atoms with van der Waals surface area (Å²) in [5.74, 6) is 0.916. The molecule has 0 saturated heterocycles. The van der Waals surface area contributed by atoms with Crippen molar-refractivity contribution in [1.29, 1.82) is 0 Å². The van der Waals surface area contributed by atoms with E-state index in [-0.39, 0.29) is 5.41 Å². The Morgan fingerprint density at radius 2 is 1.65 bits per heavy atom. The highest BCUT2D eigenvalue weighted by Gasteiger charge is 2.31. The van der Waals surface area contributed by atoms with E-state index in [1.807, 2.05) is 30.3 Å². The lowest BCUT2D eigenvalue weighted by atomic mass is 9.79. The van der Waals surface area contributed by atoms with E-state index in [1.54, 1.807) is 0 Å². The number of benzene rings is 2. The van der Waals surface area contributed by atoms with Crippen molar-refractivity contribution in [2.75, 3.05) is 11.8 Å². The van der Waals surface area contributed by atoms with Crippen LogP contribution in [0.4, 0.5) is 0 Å². The minimum atomic E-state index is -0.294. The van der Waals surface area contributed by atoms with Crippen molar-refractivity contribution in [1.82, 2.24) is 0 Å². The fourth-order valence-corrected chi connectivity index (χ4v) is 3.64. The second-order valence-electron chi connectivity index (χ2n) is 4.86. The van der Waals surface area contributed by atoms with E-state index in [0.717, 1.165) is 27.0 Å². The van der Waals surface area contributed by atoms with Gasteiger partial charge in [0.2, 0.25) is 0 Å². The van der Waals surface area contributed by atoms with Crippen LogP contribution in [0.2, 0.25) is 5.02 Å². The molecule has 4 heteroatoms. The summed E-state index contributed by atoms with van der Waals surface area (Å²) < 4.78 is 1.03. The van der Waals surface area contributed by atoms with Gasteiger partial charge in [0.25, 0.3) is 0 Å². The molecule has 0 heterocycles. The van der Waals surface area contributed by atoms with E-state index in [0.29, 0.717) is 11.8 Å². The summed E-state index contributed by atoms with van der Waals surface area (Å²) in [5.41, 5.74) is 1.98. The Morgan fingerprint density at radius 3 is 2.25 bits per heavy atom. The van der Waals surface area contributed by atoms with Gasteiger partial charge in [-0.15, -0.1) is 23.2 Å². The molecular formula is C16H14BrCl3. The summed E-state index contributed by atoms with van der Waals surface area (Å²) >= 11 is 22.1. The monoisotopic (exact) mass is 390 g/mol. The van der Waals surface area contributed by atoms with Crippen LogP contribution in [0.3, 0.4) is 0 Å². The van der Waals surface area contributed by atoms with Crippen LogP contribution in [0.25, 0.3) is 0 Å². The topological polar surface area (TPSA) is 0 Å². The Kier molecular flexibility index (Phi) is 5.80. The molecule has 20 heavy (non-hydrogen) atoms. The molecule has 0 spiro atoms. The molecule has 0 unspecified atom stereocenters. The quantitative estimate of drug-likeness (QED) is 0.543. The third-order valence-electron chi connectivity index (χ3n) is 3.38. The molecule has 0 nitrogen and oxygen atoms in total. The van der Waals surface area contributed by atoms with Crippen LogP contribution in [-0.2, 0) is 11.8 Å². The molecule has 0 bridgehead atoms. The largest absolute Gasteiger partial charge is 0.126 e. The lowest BCUT2D eigenvalue weighted by molar-refractivity contribution is 0.536. The SMILES string of the molecule is ClCC(CCl)(Cc1cccc(Cl)c1)c1cccc(Br)c1. The first-order valence-electron chi connectivity index (χ1n) is 6.22. The maximum Gasteiger partial charge on any atom is 0.0408 e. The second-order valence-corrected chi connectivity index (χ2v) is 6.75. The first-order valence-corrected chi connectivity index (χ1v) is 8.46. The first-order chi connectivity index (χ1) is 9.59. The van der Waals surface area contributed by atoms with Gasteiger partial charge in [0, 0.05) is 26.7 Å². The van der Waals surface area contributed by atoms with E-state index in [1.165, 1.54) is 0 Å². The number of halogens is 4. The molecular weight excluding hydrogens is 378 g/mol. The van der Waals surface area contributed by atoms with Gasteiger partial charge in [0.05, 0.1) is 0 Å². The summed E-state index contributed by atoms with van der Waals surface area (Å²) in [6, 6.07) is 16.0. The third kappa shape index (κ3) is 3.71. The van der Waals surface area contributed by atoms with Crippen molar-refractivity contribution in [3.8, 4) is 0 Å². The van der Waals surface area contributed by atoms with E-state index < -0.39 is 0 Å². The van der Waals surface area contributed by atoms with E-state index in [9.17, 15) is 0 Å². The molecule has 0 aliphatic heterocycles. The molecule has 0 atom stereocenters. The lowest BCUT2D eigenvalue weighted by Crippen LogP contribution is -2.33. The van der Waals surface area contributed by atoms with Crippen LogP contribution >= 0.6 is 50.7 Å². The molecule has 2 aromatic carbocycles. The maximum absolute atomic E-state index is 6.27. The van der Waals surface area contributed by atoms with Gasteiger partial charge in [0.1, 0.15) is 0 Å². The molecule has 0 saturated carbocycles. The highest BCUT2D eigenvalue weighted by molar-refractivity contribution is 9.10. The Balaban J connectivity index is 2.39. The van der Waals surface area contributed by atoms with Gasteiger partial charge in [-0.1, -0.05) is 51.8 Å². The van der Waals surface area contributed by atoms with Crippen molar-refractivity contribution in [2.24, 2.45) is 0 Å². The van der Waals surface area contributed by atoms with E-state index in [2.05, 4.69) is 34.1 Å². The van der Waals surface area contributed by atoms with E-state index in [4.69, 9.17) is 34.8 Å². The summed E-state index contributed by atoms with van der Waals surface area (Å²) in [6.45, 7) is 0. The minimum absolute atomic E-state index is 0.294. The molecule has 2 aromatic rings. The van der Waals surface area contributed by atoms with Crippen LogP contribution in [0.15, 0.2) is 53.0 Å². The smallest absolute Gasteiger partial charge is 0.0408 e. The summed E-state index contributed by atoms with van der Waals surface area (Å²) in [7, 11) is 0. The summed E-state index contributed by atoms with van der Waals surface area (Å²) in [6.07, 6.45) is 0.761. The van der Waals surface area contributed by atoms with Crippen molar-refractivity contribution >= 4 is 50.7 Å². The predicted octanol–water partition coefficient (Wildman–Crippen LogP) is 6.06. The van der Waals surface area contributed by atoms with Gasteiger partial charge in [-0.3, -0.25) is 0 Å². The molecule has 0 fully saturated rings. The maximum atomic E-state index is 6.27. The van der Waals surface area contributed by atoms with Crippen LogP contribution in [-0.4, -0.2) is 11.8 Å². The van der Waals surface area contributed by atoms with Gasteiger partial charge < -0.3 is 0 Å². The fraction of sp³-hybridized carbons (Fsp3) is 0.250. The van der Waals surface area contributed by atoms with Crippen LogP contribution in [0.1, 0.15) is 11.1 Å². The second kappa shape index (κ2) is 7.17. The van der Waals surface area contributed by atoms with Crippen LogP contribution in [0.5, 0.6) is 0 Å². The number of hydrogen-bond acceptors (Lipinski definition) is 0. The molecule has 0 aromatic heterocycles. The zero-order valence-corrected chi connectivity index (χ0v) is 14.6. The fourth-order valence-electron chi connectivity index (χ4n) is 2.24. The van der Waals surface area contributed by atoms with Gasteiger partial charge in [-0.2, -0.15) is 0 Å². The van der Waals surface area contributed by atoms with Gasteiger partial charge in [-0.25, -0.2) is 0 Å². The van der Waals surface area contributed by atoms with Crippen molar-refractivity contribution in [2.45, 2.75) is 11.8 Å². The van der Waals surface area contributed by atoms with Crippen LogP contribution < -0.4 is 0 Å². The number of alkyl halides is 2. The molecule has 0 radical (unpaired) electrons. The molecule has 0 aliphatic carbocycles. The molecule has 0 amide bonds. The van der Waals surface area contributed by atoms with E-state index >= 15 is 0 Å². The Hall–Kier alpha value is -0.210. The average molecular weight is 393 g/mol. The van der Waals surface area contributed by atoms with Gasteiger partial charge in [0.15, 0.2) is 0 Å². The zero-order chi connectivity index (χ0) is 14.6. The van der Waals surface area contributed by atoms with Crippen molar-refractivity contribution < 1.29 is 0 Å². The highest BCUT2D eigenvalue weighted by Crippen LogP contribution is 2.33. The Morgan fingerprint density at radius 1 is 0.950 bits per heavy atom. The third-order valence-corrected chi connectivity index (χ3v) is 5.13. The Labute approximate surface area is 143 Å². The van der Waals surface area contributed by atoms with Gasteiger partial charge in [-0.05, 0) is 41.8 Å². The average Bonchev–Trinajstić information content (AvgIpc) is 2.45. The predicted molar refractivity (Wildman–Crippen MR) is 92.4 cm³/mol. The first kappa shape index (κ1) is 16.2. The normalized spacial score (nSPS) is 11.6. The molecule has 106 valence electrons. The van der Waals surface area contributed by atoms with Crippen molar-refractivity contribution in [3.05, 3.63) is 69.2 Å². The highest BCUT2D eigenvalue weighted by atomic mass is 79.9. The summed E-state index contributed by atoms with van der Waals surface area (Å²) in [5, 5.41) is 0.731. The summed E-state index contributed by atoms with van der Waals surface area (Å²) in [4.78, 5) is 0. The van der Waals surface area contributed by atoms with Crippen LogP contribution in [0, 0.1) is 0 Å². The standard InChI is InChI=1S/C16H14BrCl3/c17-14-5-2-4-13(8-14)16(10-18,11-19)9-12-3-1-6-15(20)7-12/h1-8H,9-11H2. The van der Waals surface area contributed by atoms with Crippen molar-refractivity contribution in [3.63, 3.8) is 0 Å². The zero-order valence-electron chi connectivity index (χ0n) is 10.8. The molecule has 0 N–H and O–H groups in total. The number of rotatable bonds is 5. The molecule has 2 rings (SSSR count). The molecule has 0 aliphatic rings. The lowest BCUT2D eigenvalue weighted by Gasteiger charge is -2.30. The van der Waals surface area contributed by atoms with Gasteiger partial charge >= 0.3 is 0 Å². The number of hydrogen-bond donors (Lipinski definition) is 0. The minimum Gasteiger partial charge on any atom is -0.126 e.